The molecule has 2 fully saturated rings. The van der Waals surface area contributed by atoms with Gasteiger partial charge in [-0.25, -0.2) is 9.97 Å². The summed E-state index contributed by atoms with van der Waals surface area (Å²) < 4.78 is 2.06. The van der Waals surface area contributed by atoms with Crippen LogP contribution in [-0.4, -0.2) is 70.0 Å². The SMILES string of the molecule is CN(C)C(=O)c1cc2cnc(Nc3ccc(N4CCNCCC4=O)cn3)nc2n1C1CCC1. The summed E-state index contributed by atoms with van der Waals surface area (Å²) in [5, 5.41) is 7.23. The van der Waals surface area contributed by atoms with E-state index in [1.54, 1.807) is 36.3 Å². The summed E-state index contributed by atoms with van der Waals surface area (Å²) >= 11 is 0. The Morgan fingerprint density at radius 1 is 1.18 bits per heavy atom. The monoisotopic (exact) mass is 448 g/mol. The normalized spacial score (nSPS) is 17.0. The van der Waals surface area contributed by atoms with Crippen molar-refractivity contribution in [3.63, 3.8) is 0 Å². The second-order valence-electron chi connectivity index (χ2n) is 8.73. The van der Waals surface area contributed by atoms with E-state index in [0.717, 1.165) is 42.5 Å². The lowest BCUT2D eigenvalue weighted by atomic mass is 9.92. The average Bonchev–Trinajstić information content (AvgIpc) is 2.98. The van der Waals surface area contributed by atoms with Crippen LogP contribution >= 0.6 is 0 Å². The summed E-state index contributed by atoms with van der Waals surface area (Å²) in [4.78, 5) is 42.0. The molecule has 3 aromatic heterocycles. The molecule has 2 amide bonds. The van der Waals surface area contributed by atoms with Crippen LogP contribution in [0.15, 0.2) is 30.6 Å². The van der Waals surface area contributed by atoms with Crippen LogP contribution in [0.5, 0.6) is 0 Å². The molecule has 2 N–H and O–H groups in total. The molecule has 1 aliphatic heterocycles. The molecule has 0 radical (unpaired) electrons. The summed E-state index contributed by atoms with van der Waals surface area (Å²) in [5.74, 6) is 1.06. The Morgan fingerprint density at radius 2 is 2.03 bits per heavy atom. The highest BCUT2D eigenvalue weighted by atomic mass is 16.2. The predicted molar refractivity (Wildman–Crippen MR) is 126 cm³/mol. The Hall–Kier alpha value is -3.53. The van der Waals surface area contributed by atoms with Gasteiger partial charge in [-0.15, -0.1) is 0 Å². The number of aromatic nitrogens is 4. The number of amides is 2. The predicted octanol–water partition coefficient (Wildman–Crippen LogP) is 2.32. The third kappa shape index (κ3) is 4.13. The summed E-state index contributed by atoms with van der Waals surface area (Å²) in [6.07, 6.45) is 7.14. The van der Waals surface area contributed by atoms with Crippen LogP contribution in [-0.2, 0) is 4.79 Å². The third-order valence-corrected chi connectivity index (χ3v) is 6.27. The van der Waals surface area contributed by atoms with Crippen LogP contribution in [0.4, 0.5) is 17.5 Å². The van der Waals surface area contributed by atoms with E-state index in [9.17, 15) is 9.59 Å². The molecule has 0 atom stereocenters. The maximum absolute atomic E-state index is 12.8. The van der Waals surface area contributed by atoms with Crippen molar-refractivity contribution in [2.45, 2.75) is 31.7 Å². The molecule has 0 aromatic carbocycles. The number of fused-ring (bicyclic) bond motifs is 1. The number of hydrogen-bond donors (Lipinski definition) is 2. The van der Waals surface area contributed by atoms with Crippen LogP contribution in [0.3, 0.4) is 0 Å². The van der Waals surface area contributed by atoms with Gasteiger partial charge in [0.1, 0.15) is 17.2 Å². The molecule has 172 valence electrons. The molecule has 1 saturated heterocycles. The van der Waals surface area contributed by atoms with E-state index >= 15 is 0 Å². The number of carbonyl (C=O) groups is 2. The van der Waals surface area contributed by atoms with Crippen LogP contribution in [0.25, 0.3) is 11.0 Å². The van der Waals surface area contributed by atoms with Crippen molar-refractivity contribution in [2.24, 2.45) is 0 Å². The van der Waals surface area contributed by atoms with Crippen LogP contribution in [0.1, 0.15) is 42.2 Å². The number of anilines is 3. The Bertz CT molecular complexity index is 1180. The van der Waals surface area contributed by atoms with Crippen molar-refractivity contribution in [3.8, 4) is 0 Å². The van der Waals surface area contributed by atoms with Gasteiger partial charge in [-0.1, -0.05) is 0 Å². The fraction of sp³-hybridized carbons (Fsp3) is 0.435. The number of rotatable bonds is 5. The molecule has 1 aliphatic carbocycles. The molecule has 3 aromatic rings. The quantitative estimate of drug-likeness (QED) is 0.617. The van der Waals surface area contributed by atoms with Gasteiger partial charge < -0.3 is 25.0 Å². The van der Waals surface area contributed by atoms with E-state index in [4.69, 9.17) is 4.98 Å². The molecule has 33 heavy (non-hydrogen) atoms. The Balaban J connectivity index is 1.41. The summed E-state index contributed by atoms with van der Waals surface area (Å²) in [5.41, 5.74) is 2.17. The first-order valence-electron chi connectivity index (χ1n) is 11.3. The standard InChI is InChI=1S/C23H28N8O2/c1-29(2)22(33)18-12-15-13-26-23(28-21(15)31(18)16-4-3-5-16)27-19-7-6-17(14-25-19)30-11-10-24-9-8-20(30)32/h6-7,12-14,16,24H,3-5,8-11H2,1-2H3,(H,25,26,27,28). The minimum Gasteiger partial charge on any atom is -0.343 e. The number of nitrogens with one attached hydrogen (secondary N) is 2. The van der Waals surface area contributed by atoms with Gasteiger partial charge in [-0.3, -0.25) is 9.59 Å². The molecule has 1 saturated carbocycles. The van der Waals surface area contributed by atoms with Gasteiger partial charge in [-0.2, -0.15) is 4.98 Å². The average molecular weight is 449 g/mol. The number of pyridine rings is 1. The molecule has 0 unspecified atom stereocenters. The van der Waals surface area contributed by atoms with Crippen molar-refractivity contribution in [2.75, 3.05) is 43.9 Å². The van der Waals surface area contributed by atoms with Gasteiger partial charge >= 0.3 is 0 Å². The van der Waals surface area contributed by atoms with E-state index in [2.05, 4.69) is 25.2 Å². The highest BCUT2D eigenvalue weighted by Crippen LogP contribution is 2.36. The fourth-order valence-corrected chi connectivity index (χ4v) is 4.25. The first kappa shape index (κ1) is 21.3. The van der Waals surface area contributed by atoms with Crippen molar-refractivity contribution >= 4 is 40.3 Å². The second kappa shape index (κ2) is 8.78. The Morgan fingerprint density at radius 3 is 2.73 bits per heavy atom. The van der Waals surface area contributed by atoms with Crippen molar-refractivity contribution < 1.29 is 9.59 Å². The zero-order valence-electron chi connectivity index (χ0n) is 18.9. The highest BCUT2D eigenvalue weighted by Gasteiger charge is 2.28. The lowest BCUT2D eigenvalue weighted by Crippen LogP contribution is -2.32. The van der Waals surface area contributed by atoms with Gasteiger partial charge in [0.2, 0.25) is 11.9 Å². The van der Waals surface area contributed by atoms with Gasteiger partial charge in [0, 0.05) is 57.8 Å². The molecule has 10 nitrogen and oxygen atoms in total. The van der Waals surface area contributed by atoms with Gasteiger partial charge in [0.25, 0.3) is 5.91 Å². The van der Waals surface area contributed by atoms with Gasteiger partial charge in [0.15, 0.2) is 0 Å². The lowest BCUT2D eigenvalue weighted by Gasteiger charge is -2.29. The molecular formula is C23H28N8O2. The smallest absolute Gasteiger partial charge is 0.270 e. The molecule has 5 rings (SSSR count). The molecular weight excluding hydrogens is 420 g/mol. The van der Waals surface area contributed by atoms with Crippen LogP contribution in [0.2, 0.25) is 0 Å². The summed E-state index contributed by atoms with van der Waals surface area (Å²) in [7, 11) is 3.52. The number of carbonyl (C=O) groups excluding carboxylic acids is 2. The maximum Gasteiger partial charge on any atom is 0.270 e. The van der Waals surface area contributed by atoms with Crippen molar-refractivity contribution in [1.29, 1.82) is 0 Å². The second-order valence-corrected chi connectivity index (χ2v) is 8.73. The van der Waals surface area contributed by atoms with E-state index in [0.29, 0.717) is 37.0 Å². The molecule has 2 aliphatic rings. The van der Waals surface area contributed by atoms with E-state index in [1.807, 2.05) is 18.2 Å². The lowest BCUT2D eigenvalue weighted by molar-refractivity contribution is -0.118. The molecule has 4 heterocycles. The summed E-state index contributed by atoms with van der Waals surface area (Å²) in [6.45, 7) is 2.09. The minimum atomic E-state index is -0.0371. The van der Waals surface area contributed by atoms with E-state index < -0.39 is 0 Å². The topological polar surface area (TPSA) is 108 Å². The number of nitrogens with zero attached hydrogens (tertiary/aromatic N) is 6. The van der Waals surface area contributed by atoms with Crippen LogP contribution < -0.4 is 15.5 Å². The fourth-order valence-electron chi connectivity index (χ4n) is 4.25. The number of hydrogen-bond acceptors (Lipinski definition) is 7. The molecule has 0 bridgehead atoms. The Labute approximate surface area is 192 Å². The maximum atomic E-state index is 12.8. The first-order chi connectivity index (χ1) is 16.0. The Kier molecular flexibility index (Phi) is 5.67. The zero-order valence-corrected chi connectivity index (χ0v) is 18.9. The van der Waals surface area contributed by atoms with Crippen molar-refractivity contribution in [1.82, 2.24) is 29.7 Å². The molecule has 0 spiro atoms. The van der Waals surface area contributed by atoms with Gasteiger partial charge in [0.05, 0.1) is 11.9 Å². The highest BCUT2D eigenvalue weighted by molar-refractivity contribution is 5.98. The van der Waals surface area contributed by atoms with Crippen molar-refractivity contribution in [3.05, 3.63) is 36.3 Å². The van der Waals surface area contributed by atoms with E-state index in [-0.39, 0.29) is 17.9 Å². The largest absolute Gasteiger partial charge is 0.343 e. The third-order valence-electron chi connectivity index (χ3n) is 6.27. The van der Waals surface area contributed by atoms with Gasteiger partial charge in [-0.05, 0) is 37.5 Å². The first-order valence-corrected chi connectivity index (χ1v) is 11.3. The minimum absolute atomic E-state index is 0.0371. The zero-order chi connectivity index (χ0) is 22.9. The van der Waals surface area contributed by atoms with E-state index in [1.165, 1.54) is 0 Å². The van der Waals surface area contributed by atoms with Crippen LogP contribution in [0, 0.1) is 0 Å². The summed E-state index contributed by atoms with van der Waals surface area (Å²) in [6, 6.07) is 5.85. The molecule has 10 heteroatoms.